The molecule has 1 aliphatic rings. The maximum Gasteiger partial charge on any atom is 0.308 e. The second-order valence-electron chi connectivity index (χ2n) is 4.50. The Kier molecular flexibility index (Phi) is 2.37. The van der Waals surface area contributed by atoms with Gasteiger partial charge in [-0.15, -0.1) is 0 Å². The van der Waals surface area contributed by atoms with Crippen LogP contribution in [-0.4, -0.2) is 29.1 Å². The summed E-state index contributed by atoms with van der Waals surface area (Å²) in [7, 11) is 0. The molecule has 3 N–H and O–H groups in total. The summed E-state index contributed by atoms with van der Waals surface area (Å²) < 4.78 is 0. The summed E-state index contributed by atoms with van der Waals surface area (Å²) in [6, 6.07) is 8.01. The molecule has 1 aliphatic heterocycles. The van der Waals surface area contributed by atoms with Gasteiger partial charge in [0.1, 0.15) is 0 Å². The van der Waals surface area contributed by atoms with Crippen LogP contribution in [-0.2, 0) is 4.79 Å². The number of H-pyrrole nitrogens is 1. The molecule has 1 fully saturated rings. The van der Waals surface area contributed by atoms with Crippen molar-refractivity contribution in [3.63, 3.8) is 0 Å². The van der Waals surface area contributed by atoms with Crippen molar-refractivity contribution in [3.05, 3.63) is 36.0 Å². The Bertz CT molecular complexity index is 561. The fraction of sp³-hybridized carbons (Fsp3) is 0.308. The Morgan fingerprint density at radius 2 is 2.12 bits per heavy atom. The zero-order chi connectivity index (χ0) is 11.8. The first-order valence-corrected chi connectivity index (χ1v) is 5.77. The molecule has 0 amide bonds. The first kappa shape index (κ1) is 10.4. The predicted octanol–water partition coefficient (Wildman–Crippen LogP) is 1.56. The van der Waals surface area contributed by atoms with Crippen molar-refractivity contribution in [2.45, 2.75) is 5.92 Å². The highest BCUT2D eigenvalue weighted by atomic mass is 16.4. The number of carbonyl (C=O) groups is 1. The minimum Gasteiger partial charge on any atom is -0.481 e. The molecule has 2 atom stereocenters. The monoisotopic (exact) mass is 230 g/mol. The van der Waals surface area contributed by atoms with Gasteiger partial charge < -0.3 is 15.4 Å². The summed E-state index contributed by atoms with van der Waals surface area (Å²) in [6.45, 7) is 1.29. The molecule has 2 heterocycles. The number of para-hydroxylation sites is 1. The molecule has 0 radical (unpaired) electrons. The summed E-state index contributed by atoms with van der Waals surface area (Å²) in [4.78, 5) is 14.4. The van der Waals surface area contributed by atoms with Gasteiger partial charge in [0.05, 0.1) is 5.92 Å². The van der Waals surface area contributed by atoms with E-state index in [9.17, 15) is 9.90 Å². The molecular weight excluding hydrogens is 216 g/mol. The number of hydrogen-bond donors (Lipinski definition) is 3. The fourth-order valence-electron chi connectivity index (χ4n) is 2.67. The van der Waals surface area contributed by atoms with E-state index in [2.05, 4.69) is 10.3 Å². The van der Waals surface area contributed by atoms with E-state index in [0.29, 0.717) is 6.54 Å². The minimum absolute atomic E-state index is 0.0589. The van der Waals surface area contributed by atoms with Crippen LogP contribution in [0.15, 0.2) is 30.5 Å². The van der Waals surface area contributed by atoms with E-state index in [1.54, 1.807) is 0 Å². The van der Waals surface area contributed by atoms with Crippen molar-refractivity contribution in [1.82, 2.24) is 10.3 Å². The van der Waals surface area contributed by atoms with Gasteiger partial charge in [-0.05, 0) is 11.6 Å². The average molecular weight is 230 g/mol. The number of aromatic nitrogens is 1. The molecule has 3 rings (SSSR count). The number of aliphatic carboxylic acids is 1. The summed E-state index contributed by atoms with van der Waals surface area (Å²) in [5.41, 5.74) is 2.18. The molecule has 1 aromatic carbocycles. The van der Waals surface area contributed by atoms with E-state index < -0.39 is 5.97 Å². The molecule has 2 unspecified atom stereocenters. The summed E-state index contributed by atoms with van der Waals surface area (Å²) in [6.07, 6.45) is 1.94. The highest BCUT2D eigenvalue weighted by Gasteiger charge is 2.34. The van der Waals surface area contributed by atoms with Gasteiger partial charge in [-0.3, -0.25) is 4.79 Å². The van der Waals surface area contributed by atoms with Crippen LogP contribution in [0.25, 0.3) is 10.9 Å². The largest absolute Gasteiger partial charge is 0.481 e. The molecular formula is C13H14N2O2. The number of rotatable bonds is 2. The van der Waals surface area contributed by atoms with E-state index in [-0.39, 0.29) is 11.8 Å². The number of aromatic amines is 1. The smallest absolute Gasteiger partial charge is 0.308 e. The Labute approximate surface area is 98.6 Å². The minimum atomic E-state index is -0.717. The number of benzene rings is 1. The lowest BCUT2D eigenvalue weighted by Crippen LogP contribution is -2.20. The third-order valence-corrected chi connectivity index (χ3v) is 3.55. The van der Waals surface area contributed by atoms with Crippen LogP contribution in [0.5, 0.6) is 0 Å². The molecule has 0 spiro atoms. The van der Waals surface area contributed by atoms with Crippen molar-refractivity contribution < 1.29 is 9.90 Å². The lowest BCUT2D eigenvalue weighted by atomic mass is 9.89. The molecule has 1 saturated heterocycles. The molecule has 0 bridgehead atoms. The molecule has 1 aromatic heterocycles. The number of carboxylic acid groups (broad SMARTS) is 1. The van der Waals surface area contributed by atoms with Gasteiger partial charge in [-0.25, -0.2) is 0 Å². The van der Waals surface area contributed by atoms with Crippen LogP contribution >= 0.6 is 0 Å². The van der Waals surface area contributed by atoms with Crippen molar-refractivity contribution in [1.29, 1.82) is 0 Å². The van der Waals surface area contributed by atoms with Gasteiger partial charge in [0.15, 0.2) is 0 Å². The molecule has 0 aliphatic carbocycles. The predicted molar refractivity (Wildman–Crippen MR) is 65.0 cm³/mol. The van der Waals surface area contributed by atoms with Gasteiger partial charge in [0.2, 0.25) is 0 Å². The normalized spacial score (nSPS) is 24.2. The first-order valence-electron chi connectivity index (χ1n) is 5.77. The SMILES string of the molecule is O=C(O)C1CNCC1c1c[nH]c2ccccc12. The Morgan fingerprint density at radius 3 is 2.94 bits per heavy atom. The van der Waals surface area contributed by atoms with Gasteiger partial charge >= 0.3 is 5.97 Å². The fourth-order valence-corrected chi connectivity index (χ4v) is 2.67. The third kappa shape index (κ3) is 1.61. The van der Waals surface area contributed by atoms with E-state index in [4.69, 9.17) is 0 Å². The Morgan fingerprint density at radius 1 is 1.29 bits per heavy atom. The van der Waals surface area contributed by atoms with Crippen LogP contribution < -0.4 is 5.32 Å². The van der Waals surface area contributed by atoms with E-state index >= 15 is 0 Å². The lowest BCUT2D eigenvalue weighted by molar-refractivity contribution is -0.141. The highest BCUT2D eigenvalue weighted by Crippen LogP contribution is 2.33. The van der Waals surface area contributed by atoms with E-state index in [1.165, 1.54) is 0 Å². The van der Waals surface area contributed by atoms with Crippen molar-refractivity contribution in [2.75, 3.05) is 13.1 Å². The first-order chi connectivity index (χ1) is 8.27. The van der Waals surface area contributed by atoms with E-state index in [0.717, 1.165) is 23.0 Å². The molecule has 17 heavy (non-hydrogen) atoms. The molecule has 2 aromatic rings. The van der Waals surface area contributed by atoms with Gasteiger partial charge in [-0.1, -0.05) is 18.2 Å². The van der Waals surface area contributed by atoms with Crippen molar-refractivity contribution in [3.8, 4) is 0 Å². The van der Waals surface area contributed by atoms with Gasteiger partial charge in [-0.2, -0.15) is 0 Å². The van der Waals surface area contributed by atoms with Crippen LogP contribution in [0.2, 0.25) is 0 Å². The second-order valence-corrected chi connectivity index (χ2v) is 4.50. The van der Waals surface area contributed by atoms with Crippen molar-refractivity contribution in [2.24, 2.45) is 5.92 Å². The number of nitrogens with one attached hydrogen (secondary N) is 2. The molecule has 4 nitrogen and oxygen atoms in total. The van der Waals surface area contributed by atoms with Crippen LogP contribution in [0.3, 0.4) is 0 Å². The summed E-state index contributed by atoms with van der Waals surface area (Å²) in [5, 5.41) is 13.5. The molecule has 88 valence electrons. The van der Waals surface area contributed by atoms with Crippen LogP contribution in [0.1, 0.15) is 11.5 Å². The van der Waals surface area contributed by atoms with Crippen LogP contribution in [0, 0.1) is 5.92 Å². The Balaban J connectivity index is 2.06. The summed E-state index contributed by atoms with van der Waals surface area (Å²) in [5.74, 6) is -0.983. The van der Waals surface area contributed by atoms with Gasteiger partial charge in [0.25, 0.3) is 0 Å². The van der Waals surface area contributed by atoms with Crippen LogP contribution in [0.4, 0.5) is 0 Å². The van der Waals surface area contributed by atoms with Crippen molar-refractivity contribution >= 4 is 16.9 Å². The number of hydrogen-bond acceptors (Lipinski definition) is 2. The topological polar surface area (TPSA) is 65.1 Å². The lowest BCUT2D eigenvalue weighted by Gasteiger charge is -2.13. The quantitative estimate of drug-likeness (QED) is 0.733. The molecule has 4 heteroatoms. The summed E-state index contributed by atoms with van der Waals surface area (Å²) >= 11 is 0. The van der Waals surface area contributed by atoms with Gasteiger partial charge in [0, 0.05) is 36.1 Å². The zero-order valence-electron chi connectivity index (χ0n) is 9.31. The average Bonchev–Trinajstić information content (AvgIpc) is 2.94. The second kappa shape index (κ2) is 3.89. The maximum atomic E-state index is 11.2. The maximum absolute atomic E-state index is 11.2. The third-order valence-electron chi connectivity index (χ3n) is 3.55. The number of carboxylic acids is 1. The standard InChI is InChI=1S/C13H14N2O2/c16-13(17)11-6-14-5-9(11)10-7-15-12-4-2-1-3-8(10)12/h1-4,7,9,11,14-15H,5-6H2,(H,16,17). The Hall–Kier alpha value is -1.81. The number of fused-ring (bicyclic) bond motifs is 1. The van der Waals surface area contributed by atoms with E-state index in [1.807, 2.05) is 30.5 Å². The highest BCUT2D eigenvalue weighted by molar-refractivity contribution is 5.85. The molecule has 0 saturated carbocycles. The zero-order valence-corrected chi connectivity index (χ0v) is 9.31.